The summed E-state index contributed by atoms with van der Waals surface area (Å²) >= 11 is 0. The molecule has 18 heavy (non-hydrogen) atoms. The highest BCUT2D eigenvalue weighted by molar-refractivity contribution is 6.61. The first-order valence-electron chi connectivity index (χ1n) is 5.29. The fourth-order valence-electron chi connectivity index (χ4n) is 1.67. The Balaban J connectivity index is 2.21. The van der Waals surface area contributed by atoms with Crippen LogP contribution in [0.15, 0.2) is 12.1 Å². The van der Waals surface area contributed by atoms with Crippen molar-refractivity contribution in [3.05, 3.63) is 29.1 Å². The lowest BCUT2D eigenvalue weighted by Crippen LogP contribution is -2.29. The van der Waals surface area contributed by atoms with Crippen molar-refractivity contribution >= 4 is 18.6 Å². The molecular formula is C11H9BFNO4. The lowest BCUT2D eigenvalue weighted by atomic mass is 9.78. The number of fused-ring (bicyclic) bond motifs is 1. The second-order valence-corrected chi connectivity index (χ2v) is 3.74. The quantitative estimate of drug-likeness (QED) is 0.467. The molecule has 5 nitrogen and oxygen atoms in total. The summed E-state index contributed by atoms with van der Waals surface area (Å²) in [7, 11) is -1.15. The average molecular weight is 249 g/mol. The number of rotatable bonds is 3. The topological polar surface area (TPSA) is 79.5 Å². The number of carbonyl (C=O) groups excluding carboxylic acids is 1. The second-order valence-electron chi connectivity index (χ2n) is 3.74. The number of ether oxygens (including phenoxy) is 1. The molecule has 0 bridgehead atoms. The van der Waals surface area contributed by atoms with Crippen molar-refractivity contribution < 1.29 is 23.6 Å². The molecule has 1 N–H and O–H groups in total. The van der Waals surface area contributed by atoms with Gasteiger partial charge in [-0.2, -0.15) is 5.26 Å². The zero-order valence-corrected chi connectivity index (χ0v) is 9.35. The van der Waals surface area contributed by atoms with Crippen LogP contribution in [0.5, 0.6) is 0 Å². The van der Waals surface area contributed by atoms with Gasteiger partial charge in [-0.25, -0.2) is 9.18 Å². The Morgan fingerprint density at radius 1 is 1.67 bits per heavy atom. The average Bonchev–Trinajstić information content (AvgIpc) is 2.69. The van der Waals surface area contributed by atoms with Gasteiger partial charge in [-0.05, 0) is 23.2 Å². The third-order valence-corrected chi connectivity index (χ3v) is 2.56. The van der Waals surface area contributed by atoms with Crippen LogP contribution in [-0.2, 0) is 16.0 Å². The highest BCUT2D eigenvalue weighted by Gasteiger charge is 2.30. The molecule has 0 aliphatic carbocycles. The summed E-state index contributed by atoms with van der Waals surface area (Å²) in [6, 6.07) is 4.17. The van der Waals surface area contributed by atoms with Crippen LogP contribution in [0.1, 0.15) is 22.3 Å². The summed E-state index contributed by atoms with van der Waals surface area (Å²) in [6.07, 6.45) is 0.0457. The Hall–Kier alpha value is -1.91. The molecule has 7 heteroatoms. The predicted molar refractivity (Wildman–Crippen MR) is 59.3 cm³/mol. The molecule has 1 heterocycles. The molecule has 0 aromatic heterocycles. The number of hydrogen-bond donors (Lipinski definition) is 1. The molecule has 92 valence electrons. The fourth-order valence-corrected chi connectivity index (χ4v) is 1.67. The van der Waals surface area contributed by atoms with Crippen molar-refractivity contribution in [2.45, 2.75) is 13.0 Å². The first-order valence-corrected chi connectivity index (χ1v) is 5.29. The predicted octanol–water partition coefficient (Wildman–Crippen LogP) is 0.114. The molecule has 0 spiro atoms. The molecule has 1 aromatic rings. The maximum atomic E-state index is 13.6. The van der Waals surface area contributed by atoms with Gasteiger partial charge in [-0.1, -0.05) is 0 Å². The van der Waals surface area contributed by atoms with Crippen LogP contribution < -0.4 is 5.46 Å². The van der Waals surface area contributed by atoms with Gasteiger partial charge in [-0.15, -0.1) is 0 Å². The van der Waals surface area contributed by atoms with Crippen molar-refractivity contribution in [2.75, 3.05) is 6.61 Å². The molecule has 0 saturated carbocycles. The van der Waals surface area contributed by atoms with Gasteiger partial charge in [0, 0.05) is 0 Å². The molecule has 2 rings (SSSR count). The normalized spacial score (nSPS) is 13.1. The van der Waals surface area contributed by atoms with Crippen LogP contribution >= 0.6 is 0 Å². The number of nitriles is 1. The zero-order valence-electron chi connectivity index (χ0n) is 9.35. The molecule has 1 aliphatic rings. The molecule has 0 unspecified atom stereocenters. The molecule has 1 aliphatic heterocycles. The van der Waals surface area contributed by atoms with Crippen molar-refractivity contribution in [3.63, 3.8) is 0 Å². The minimum Gasteiger partial charge on any atom is -0.461 e. The maximum Gasteiger partial charge on any atom is 0.491 e. The Bertz CT molecular complexity index is 529. The summed E-state index contributed by atoms with van der Waals surface area (Å²) < 4.78 is 23.3. The fraction of sp³-hybridized carbons (Fsp3) is 0.273. The minimum absolute atomic E-state index is 0.0457. The van der Waals surface area contributed by atoms with Crippen molar-refractivity contribution in [2.24, 2.45) is 0 Å². The molecule has 0 radical (unpaired) electrons. The summed E-state index contributed by atoms with van der Waals surface area (Å²) in [4.78, 5) is 11.6. The largest absolute Gasteiger partial charge is 0.491 e. The van der Waals surface area contributed by atoms with Gasteiger partial charge in [0.15, 0.2) is 0 Å². The van der Waals surface area contributed by atoms with Crippen molar-refractivity contribution in [1.82, 2.24) is 0 Å². The number of carbonyl (C=O) groups is 1. The third-order valence-electron chi connectivity index (χ3n) is 2.56. The van der Waals surface area contributed by atoms with Crippen LogP contribution in [0.2, 0.25) is 0 Å². The van der Waals surface area contributed by atoms with E-state index < -0.39 is 18.9 Å². The van der Waals surface area contributed by atoms with Gasteiger partial charge in [0.1, 0.15) is 12.4 Å². The lowest BCUT2D eigenvalue weighted by molar-refractivity contribution is 0.0508. The van der Waals surface area contributed by atoms with E-state index in [2.05, 4.69) is 0 Å². The number of halogens is 1. The first-order chi connectivity index (χ1) is 8.63. The van der Waals surface area contributed by atoms with Crippen LogP contribution in [-0.4, -0.2) is 24.7 Å². The summed E-state index contributed by atoms with van der Waals surface area (Å²) in [5, 5.41) is 17.8. The van der Waals surface area contributed by atoms with E-state index >= 15 is 0 Å². The van der Waals surface area contributed by atoms with Crippen LogP contribution in [0, 0.1) is 17.1 Å². The van der Waals surface area contributed by atoms with Gasteiger partial charge < -0.3 is 14.4 Å². The molecule has 1 aromatic carbocycles. The molecule has 0 atom stereocenters. The first kappa shape index (κ1) is 12.5. The molecule has 0 fully saturated rings. The highest BCUT2D eigenvalue weighted by atomic mass is 19.1. The Morgan fingerprint density at radius 3 is 3.17 bits per heavy atom. The van der Waals surface area contributed by atoms with Crippen molar-refractivity contribution in [1.29, 1.82) is 5.26 Å². The van der Waals surface area contributed by atoms with E-state index in [-0.39, 0.29) is 25.2 Å². The van der Waals surface area contributed by atoms with Gasteiger partial charge in [0.05, 0.1) is 24.7 Å². The second kappa shape index (κ2) is 5.17. The molecule has 0 saturated heterocycles. The Morgan fingerprint density at radius 2 is 2.44 bits per heavy atom. The van der Waals surface area contributed by atoms with Crippen LogP contribution in [0.3, 0.4) is 0 Å². The van der Waals surface area contributed by atoms with Gasteiger partial charge in [-0.3, -0.25) is 0 Å². The van der Waals surface area contributed by atoms with E-state index in [1.807, 2.05) is 0 Å². The standard InChI is InChI=1S/C11H9BFNO4/c13-10-4-7-6-18-12(16)9(7)5-8(10)11(15)17-3-1-2-14/h4-5,16H,1,3,6H2. The van der Waals surface area contributed by atoms with Crippen LogP contribution in [0.4, 0.5) is 4.39 Å². The Labute approximate surface area is 103 Å². The summed E-state index contributed by atoms with van der Waals surface area (Å²) in [5.41, 5.74) is 0.605. The maximum absolute atomic E-state index is 13.6. The minimum atomic E-state index is -1.15. The van der Waals surface area contributed by atoms with Crippen LogP contribution in [0.25, 0.3) is 0 Å². The van der Waals surface area contributed by atoms with E-state index in [0.29, 0.717) is 11.0 Å². The highest BCUT2D eigenvalue weighted by Crippen LogP contribution is 2.16. The number of esters is 1. The summed E-state index contributed by atoms with van der Waals surface area (Å²) in [5.74, 6) is -1.59. The lowest BCUT2D eigenvalue weighted by Gasteiger charge is -2.06. The SMILES string of the molecule is N#CCCOC(=O)c1cc2c(cc1F)COB2O. The third kappa shape index (κ3) is 2.35. The van der Waals surface area contributed by atoms with E-state index in [9.17, 15) is 14.2 Å². The molecule has 0 amide bonds. The Kier molecular flexibility index (Phi) is 3.60. The molecular weight excluding hydrogens is 240 g/mol. The number of hydrogen-bond acceptors (Lipinski definition) is 5. The van der Waals surface area contributed by atoms with E-state index in [1.165, 1.54) is 6.07 Å². The zero-order chi connectivity index (χ0) is 13.1. The smallest absolute Gasteiger partial charge is 0.461 e. The number of benzene rings is 1. The monoisotopic (exact) mass is 249 g/mol. The van der Waals surface area contributed by atoms with E-state index in [0.717, 1.165) is 6.07 Å². The van der Waals surface area contributed by atoms with E-state index in [4.69, 9.17) is 14.7 Å². The van der Waals surface area contributed by atoms with Gasteiger partial charge >= 0.3 is 13.1 Å². The van der Waals surface area contributed by atoms with Gasteiger partial charge in [0.2, 0.25) is 0 Å². The van der Waals surface area contributed by atoms with Crippen molar-refractivity contribution in [3.8, 4) is 6.07 Å². The number of nitrogens with zero attached hydrogens (tertiary/aromatic N) is 1. The van der Waals surface area contributed by atoms with E-state index in [1.54, 1.807) is 6.07 Å². The summed E-state index contributed by atoms with van der Waals surface area (Å²) in [6.45, 7) is 0.0160. The van der Waals surface area contributed by atoms with Gasteiger partial charge in [0.25, 0.3) is 0 Å².